The summed E-state index contributed by atoms with van der Waals surface area (Å²) in [6.07, 6.45) is 4.50. The highest BCUT2D eigenvalue weighted by molar-refractivity contribution is 6.30. The van der Waals surface area contributed by atoms with Crippen LogP contribution in [0.15, 0.2) is 18.2 Å². The largest absolute Gasteiger partial charge is 0.317 e. The van der Waals surface area contributed by atoms with Crippen molar-refractivity contribution in [2.75, 3.05) is 13.1 Å². The summed E-state index contributed by atoms with van der Waals surface area (Å²) in [6.45, 7) is 8.86. The summed E-state index contributed by atoms with van der Waals surface area (Å²) in [5.74, 6) is 1.03. The highest BCUT2D eigenvalue weighted by atomic mass is 35.5. The van der Waals surface area contributed by atoms with Gasteiger partial charge in [0.1, 0.15) is 5.82 Å². The van der Waals surface area contributed by atoms with E-state index in [-0.39, 0.29) is 5.82 Å². The number of rotatable bonds is 5. The normalized spacial score (nSPS) is 25.0. The molecule has 0 amide bonds. The lowest BCUT2D eigenvalue weighted by atomic mass is 9.65. The minimum atomic E-state index is -0.159. The number of benzene rings is 1. The molecular formula is C18H27ClFN. The Bertz CT molecular complexity index is 472. The van der Waals surface area contributed by atoms with E-state index in [2.05, 4.69) is 26.1 Å². The number of hydrogen-bond donors (Lipinski definition) is 1. The van der Waals surface area contributed by atoms with Crippen molar-refractivity contribution >= 4 is 11.6 Å². The van der Waals surface area contributed by atoms with E-state index in [1.165, 1.54) is 25.3 Å². The second kappa shape index (κ2) is 7.11. The van der Waals surface area contributed by atoms with E-state index in [0.29, 0.717) is 22.3 Å². The zero-order chi connectivity index (χ0) is 15.5. The van der Waals surface area contributed by atoms with Gasteiger partial charge in [-0.15, -0.1) is 0 Å². The third kappa shape index (κ3) is 4.69. The number of nitrogens with one attached hydrogen (secondary N) is 1. The van der Waals surface area contributed by atoms with Gasteiger partial charge < -0.3 is 5.32 Å². The molecule has 2 atom stereocenters. The molecule has 1 N–H and O–H groups in total. The monoisotopic (exact) mass is 311 g/mol. The highest BCUT2D eigenvalue weighted by Gasteiger charge is 2.34. The molecule has 0 heterocycles. The molecule has 1 aliphatic carbocycles. The first-order valence-corrected chi connectivity index (χ1v) is 8.44. The van der Waals surface area contributed by atoms with Gasteiger partial charge in [-0.25, -0.2) is 4.39 Å². The van der Waals surface area contributed by atoms with Gasteiger partial charge in [-0.05, 0) is 73.7 Å². The third-order valence-electron chi connectivity index (χ3n) is 4.83. The minimum Gasteiger partial charge on any atom is -0.317 e. The third-order valence-corrected chi connectivity index (χ3v) is 5.06. The van der Waals surface area contributed by atoms with E-state index in [1.807, 2.05) is 6.07 Å². The van der Waals surface area contributed by atoms with Gasteiger partial charge >= 0.3 is 0 Å². The maximum Gasteiger partial charge on any atom is 0.127 e. The molecule has 21 heavy (non-hydrogen) atoms. The summed E-state index contributed by atoms with van der Waals surface area (Å²) in [5.41, 5.74) is 1.18. The molecule has 0 aliphatic heterocycles. The molecule has 118 valence electrons. The zero-order valence-electron chi connectivity index (χ0n) is 13.4. The Labute approximate surface area is 133 Å². The van der Waals surface area contributed by atoms with Crippen LogP contribution < -0.4 is 5.32 Å². The van der Waals surface area contributed by atoms with Gasteiger partial charge in [-0.2, -0.15) is 0 Å². The van der Waals surface area contributed by atoms with Crippen molar-refractivity contribution in [2.24, 2.45) is 17.3 Å². The van der Waals surface area contributed by atoms with Crippen LogP contribution in [0.4, 0.5) is 4.39 Å². The second-order valence-electron chi connectivity index (χ2n) is 7.17. The molecule has 1 nitrogen and oxygen atoms in total. The van der Waals surface area contributed by atoms with Crippen molar-refractivity contribution in [1.82, 2.24) is 5.32 Å². The molecule has 1 aliphatic rings. The van der Waals surface area contributed by atoms with Crippen molar-refractivity contribution in [3.63, 3.8) is 0 Å². The Morgan fingerprint density at radius 1 is 1.33 bits per heavy atom. The first kappa shape index (κ1) is 16.8. The van der Waals surface area contributed by atoms with Crippen LogP contribution in [0.3, 0.4) is 0 Å². The Morgan fingerprint density at radius 3 is 2.76 bits per heavy atom. The van der Waals surface area contributed by atoms with Gasteiger partial charge in [0, 0.05) is 5.02 Å². The van der Waals surface area contributed by atoms with Gasteiger partial charge in [-0.3, -0.25) is 0 Å². The molecule has 1 fully saturated rings. The molecule has 0 radical (unpaired) electrons. The van der Waals surface area contributed by atoms with Crippen LogP contribution in [0.2, 0.25) is 5.02 Å². The average Bonchev–Trinajstić information content (AvgIpc) is 2.40. The fraction of sp³-hybridized carbons (Fsp3) is 0.667. The lowest BCUT2D eigenvalue weighted by Gasteiger charge is -2.41. The van der Waals surface area contributed by atoms with E-state index in [1.54, 1.807) is 6.07 Å². The maximum atomic E-state index is 14.1. The van der Waals surface area contributed by atoms with Crippen molar-refractivity contribution in [1.29, 1.82) is 0 Å². The number of hydrogen-bond acceptors (Lipinski definition) is 1. The van der Waals surface area contributed by atoms with Crippen LogP contribution in [0, 0.1) is 23.1 Å². The zero-order valence-corrected chi connectivity index (χ0v) is 14.1. The van der Waals surface area contributed by atoms with Crippen LogP contribution in [0.25, 0.3) is 0 Å². The average molecular weight is 312 g/mol. The highest BCUT2D eigenvalue weighted by Crippen LogP contribution is 2.43. The molecule has 1 saturated carbocycles. The lowest BCUT2D eigenvalue weighted by molar-refractivity contribution is 0.115. The molecule has 2 rings (SSSR count). The Hall–Kier alpha value is -0.600. The van der Waals surface area contributed by atoms with E-state index < -0.39 is 0 Å². The Balaban J connectivity index is 2.11. The first-order valence-electron chi connectivity index (χ1n) is 8.06. The maximum absolute atomic E-state index is 14.1. The fourth-order valence-electron chi connectivity index (χ4n) is 3.60. The van der Waals surface area contributed by atoms with Gasteiger partial charge in [0.25, 0.3) is 0 Å². The van der Waals surface area contributed by atoms with Crippen LogP contribution in [-0.2, 0) is 6.42 Å². The fourth-order valence-corrected chi connectivity index (χ4v) is 3.76. The molecule has 0 spiro atoms. The van der Waals surface area contributed by atoms with Crippen molar-refractivity contribution < 1.29 is 4.39 Å². The van der Waals surface area contributed by atoms with Crippen LogP contribution in [-0.4, -0.2) is 13.1 Å². The molecule has 2 unspecified atom stereocenters. The van der Waals surface area contributed by atoms with Crippen LogP contribution in [0.5, 0.6) is 0 Å². The first-order chi connectivity index (χ1) is 9.91. The standard InChI is InChI=1S/C18H27ClFN/c1-4-21-12-14-7-8-18(2,3)11-15(14)9-13-5-6-16(19)10-17(13)20/h5-6,10,14-15,21H,4,7-9,11-12H2,1-3H3. The molecule has 0 aromatic heterocycles. The molecule has 0 saturated heterocycles. The SMILES string of the molecule is CCNCC1CCC(C)(C)CC1Cc1ccc(Cl)cc1F. The Morgan fingerprint density at radius 2 is 2.10 bits per heavy atom. The second-order valence-corrected chi connectivity index (χ2v) is 7.61. The van der Waals surface area contributed by atoms with Crippen LogP contribution in [0.1, 0.15) is 45.6 Å². The summed E-state index contributed by atoms with van der Waals surface area (Å²) in [6, 6.07) is 5.08. The van der Waals surface area contributed by atoms with Crippen LogP contribution >= 0.6 is 11.6 Å². The van der Waals surface area contributed by atoms with E-state index in [4.69, 9.17) is 11.6 Å². The van der Waals surface area contributed by atoms with E-state index in [0.717, 1.165) is 25.1 Å². The smallest absolute Gasteiger partial charge is 0.127 e. The quantitative estimate of drug-likeness (QED) is 0.800. The van der Waals surface area contributed by atoms with Gasteiger partial charge in [-0.1, -0.05) is 38.4 Å². The van der Waals surface area contributed by atoms with Crippen molar-refractivity contribution in [3.8, 4) is 0 Å². The summed E-state index contributed by atoms with van der Waals surface area (Å²) in [7, 11) is 0. The lowest BCUT2D eigenvalue weighted by Crippen LogP contribution is -2.37. The molecule has 0 bridgehead atoms. The van der Waals surface area contributed by atoms with Crippen molar-refractivity contribution in [2.45, 2.75) is 46.5 Å². The topological polar surface area (TPSA) is 12.0 Å². The van der Waals surface area contributed by atoms with Gasteiger partial charge in [0.05, 0.1) is 0 Å². The van der Waals surface area contributed by atoms with E-state index in [9.17, 15) is 4.39 Å². The summed E-state index contributed by atoms with van der Waals surface area (Å²) < 4.78 is 14.1. The molecule has 3 heteroatoms. The summed E-state index contributed by atoms with van der Waals surface area (Å²) in [4.78, 5) is 0. The predicted octanol–water partition coefficient (Wildman–Crippen LogP) is 5.07. The summed E-state index contributed by atoms with van der Waals surface area (Å²) >= 11 is 5.85. The Kier molecular flexibility index (Phi) is 5.67. The predicted molar refractivity (Wildman–Crippen MR) is 88.3 cm³/mol. The minimum absolute atomic E-state index is 0.159. The van der Waals surface area contributed by atoms with E-state index >= 15 is 0 Å². The summed E-state index contributed by atoms with van der Waals surface area (Å²) in [5, 5.41) is 3.95. The molecule has 1 aromatic carbocycles. The molecular weight excluding hydrogens is 285 g/mol. The van der Waals surface area contributed by atoms with Gasteiger partial charge in [0.15, 0.2) is 0 Å². The molecule has 1 aromatic rings. The number of halogens is 2. The van der Waals surface area contributed by atoms with Crippen molar-refractivity contribution in [3.05, 3.63) is 34.6 Å². The van der Waals surface area contributed by atoms with Gasteiger partial charge in [0.2, 0.25) is 0 Å².